The van der Waals surface area contributed by atoms with Crippen molar-refractivity contribution in [2.75, 3.05) is 40.9 Å². The first-order chi connectivity index (χ1) is 12.2. The molecule has 0 aliphatic carbocycles. The fraction of sp³-hybridized carbons (Fsp3) is 0.632. The number of ether oxygens (including phenoxy) is 2. The second-order valence-electron chi connectivity index (χ2n) is 6.38. The number of benzene rings is 1. The highest BCUT2D eigenvalue weighted by molar-refractivity contribution is 14.0. The lowest BCUT2D eigenvalue weighted by Gasteiger charge is -2.32. The maximum absolute atomic E-state index is 5.36. The van der Waals surface area contributed by atoms with Crippen LogP contribution in [0.2, 0.25) is 0 Å². The van der Waals surface area contributed by atoms with Gasteiger partial charge in [-0.3, -0.25) is 4.99 Å². The molecular formula is C19H33IN4O2. The smallest absolute Gasteiger partial charge is 0.191 e. The van der Waals surface area contributed by atoms with Crippen LogP contribution in [0.25, 0.3) is 0 Å². The topological polar surface area (TPSA) is 58.1 Å². The molecule has 6 nitrogen and oxygen atoms in total. The Hall–Kier alpha value is -1.22. The number of halogens is 1. The van der Waals surface area contributed by atoms with Crippen LogP contribution in [0.5, 0.6) is 11.5 Å². The van der Waals surface area contributed by atoms with Crippen molar-refractivity contribution in [2.45, 2.75) is 38.8 Å². The van der Waals surface area contributed by atoms with Gasteiger partial charge in [0.1, 0.15) is 0 Å². The molecule has 0 radical (unpaired) electrons. The molecule has 0 unspecified atom stereocenters. The van der Waals surface area contributed by atoms with E-state index in [9.17, 15) is 0 Å². The zero-order valence-corrected chi connectivity index (χ0v) is 18.7. The van der Waals surface area contributed by atoms with Gasteiger partial charge in [-0.25, -0.2) is 0 Å². The van der Waals surface area contributed by atoms with Crippen molar-refractivity contribution in [2.24, 2.45) is 4.99 Å². The highest BCUT2D eigenvalue weighted by atomic mass is 127. The van der Waals surface area contributed by atoms with Crippen molar-refractivity contribution in [3.63, 3.8) is 0 Å². The lowest BCUT2D eigenvalue weighted by molar-refractivity contribution is 0.206. The van der Waals surface area contributed by atoms with Crippen LogP contribution in [0.1, 0.15) is 31.7 Å². The third-order valence-corrected chi connectivity index (χ3v) is 4.60. The van der Waals surface area contributed by atoms with Crippen LogP contribution in [0.15, 0.2) is 23.2 Å². The van der Waals surface area contributed by atoms with Crippen molar-refractivity contribution < 1.29 is 9.47 Å². The molecule has 0 atom stereocenters. The summed E-state index contributed by atoms with van der Waals surface area (Å²) in [5.74, 6) is 2.34. The SMILES string of the molecule is CCCN1CCC(NC(=NC)NCc2ccc(OC)c(OC)c2)CC1.I. The van der Waals surface area contributed by atoms with E-state index in [0.717, 1.165) is 49.0 Å². The normalized spacial score (nSPS) is 15.9. The molecule has 1 aromatic carbocycles. The third kappa shape index (κ3) is 6.83. The summed E-state index contributed by atoms with van der Waals surface area (Å²) in [5, 5.41) is 6.93. The first-order valence-corrected chi connectivity index (χ1v) is 9.10. The zero-order chi connectivity index (χ0) is 18.1. The summed E-state index contributed by atoms with van der Waals surface area (Å²) in [6.07, 6.45) is 3.56. The Morgan fingerprint density at radius 2 is 1.88 bits per heavy atom. The van der Waals surface area contributed by atoms with Crippen LogP contribution in [-0.4, -0.2) is 57.8 Å². The van der Waals surface area contributed by atoms with Crippen LogP contribution in [0.3, 0.4) is 0 Å². The summed E-state index contributed by atoms with van der Waals surface area (Å²) < 4.78 is 10.6. The lowest BCUT2D eigenvalue weighted by Crippen LogP contribution is -2.48. The van der Waals surface area contributed by atoms with Gasteiger partial charge in [0.25, 0.3) is 0 Å². The third-order valence-electron chi connectivity index (χ3n) is 4.60. The molecule has 1 aliphatic rings. The van der Waals surface area contributed by atoms with Gasteiger partial charge in [0.05, 0.1) is 14.2 Å². The van der Waals surface area contributed by atoms with Crippen molar-refractivity contribution >= 4 is 29.9 Å². The van der Waals surface area contributed by atoms with Crippen LogP contribution < -0.4 is 20.1 Å². The number of methoxy groups -OCH3 is 2. The number of hydrogen-bond acceptors (Lipinski definition) is 4. The minimum absolute atomic E-state index is 0. The van der Waals surface area contributed by atoms with E-state index in [1.165, 1.54) is 13.0 Å². The molecule has 26 heavy (non-hydrogen) atoms. The zero-order valence-electron chi connectivity index (χ0n) is 16.4. The van der Waals surface area contributed by atoms with Gasteiger partial charge in [-0.05, 0) is 43.5 Å². The highest BCUT2D eigenvalue weighted by Crippen LogP contribution is 2.27. The van der Waals surface area contributed by atoms with Crippen molar-refractivity contribution in [3.05, 3.63) is 23.8 Å². The average molecular weight is 476 g/mol. The fourth-order valence-corrected chi connectivity index (χ4v) is 3.18. The van der Waals surface area contributed by atoms with E-state index in [-0.39, 0.29) is 24.0 Å². The Labute approximate surface area is 174 Å². The van der Waals surface area contributed by atoms with E-state index in [1.807, 2.05) is 25.2 Å². The summed E-state index contributed by atoms with van der Waals surface area (Å²) in [4.78, 5) is 6.89. The fourth-order valence-electron chi connectivity index (χ4n) is 3.18. The van der Waals surface area contributed by atoms with Gasteiger partial charge in [-0.1, -0.05) is 13.0 Å². The number of guanidine groups is 1. The van der Waals surface area contributed by atoms with Gasteiger partial charge in [0.15, 0.2) is 17.5 Å². The second kappa shape index (κ2) is 12.2. The van der Waals surface area contributed by atoms with Crippen LogP contribution in [0.4, 0.5) is 0 Å². The Bertz CT molecular complexity index is 560. The molecule has 0 bridgehead atoms. The molecular weight excluding hydrogens is 443 g/mol. The molecule has 2 N–H and O–H groups in total. The Kier molecular flexibility index (Phi) is 10.7. The van der Waals surface area contributed by atoms with E-state index in [2.05, 4.69) is 27.4 Å². The Balaban J connectivity index is 0.00000338. The minimum atomic E-state index is 0. The largest absolute Gasteiger partial charge is 0.493 e. The van der Waals surface area contributed by atoms with E-state index < -0.39 is 0 Å². The molecule has 148 valence electrons. The number of nitrogens with zero attached hydrogens (tertiary/aromatic N) is 2. The summed E-state index contributed by atoms with van der Waals surface area (Å²) >= 11 is 0. The number of aliphatic imine (C=N–C) groups is 1. The molecule has 1 aliphatic heterocycles. The summed E-state index contributed by atoms with van der Waals surface area (Å²) in [5.41, 5.74) is 1.12. The lowest BCUT2D eigenvalue weighted by atomic mass is 10.1. The molecule has 1 heterocycles. The number of likely N-dealkylation sites (tertiary alicyclic amines) is 1. The molecule has 1 fully saturated rings. The van der Waals surface area contributed by atoms with Gasteiger partial charge in [0, 0.05) is 32.7 Å². The number of rotatable bonds is 7. The molecule has 0 aromatic heterocycles. The standard InChI is InChI=1S/C19H32N4O2.HI/c1-5-10-23-11-8-16(9-12-23)22-19(20-2)21-14-15-6-7-17(24-3)18(13-15)25-4;/h6-7,13,16H,5,8-12,14H2,1-4H3,(H2,20,21,22);1H. The molecule has 0 saturated carbocycles. The maximum atomic E-state index is 5.36. The maximum Gasteiger partial charge on any atom is 0.191 e. The number of piperidine rings is 1. The van der Waals surface area contributed by atoms with Crippen molar-refractivity contribution in [1.29, 1.82) is 0 Å². The van der Waals surface area contributed by atoms with Gasteiger partial charge < -0.3 is 25.0 Å². The molecule has 0 amide bonds. The first-order valence-electron chi connectivity index (χ1n) is 9.10. The van der Waals surface area contributed by atoms with E-state index in [1.54, 1.807) is 14.2 Å². The predicted octanol–water partition coefficient (Wildman–Crippen LogP) is 2.86. The van der Waals surface area contributed by atoms with E-state index in [0.29, 0.717) is 12.6 Å². The molecule has 1 aromatic rings. The second-order valence-corrected chi connectivity index (χ2v) is 6.38. The Morgan fingerprint density at radius 3 is 2.46 bits per heavy atom. The van der Waals surface area contributed by atoms with Gasteiger partial charge in [-0.2, -0.15) is 0 Å². The summed E-state index contributed by atoms with van der Waals surface area (Å²) in [6.45, 7) is 6.47. The molecule has 7 heteroatoms. The average Bonchev–Trinajstić information content (AvgIpc) is 2.66. The number of hydrogen-bond donors (Lipinski definition) is 2. The predicted molar refractivity (Wildman–Crippen MR) is 118 cm³/mol. The van der Waals surface area contributed by atoms with Crippen molar-refractivity contribution in [1.82, 2.24) is 15.5 Å². The first kappa shape index (κ1) is 22.8. The molecule has 2 rings (SSSR count). The van der Waals surface area contributed by atoms with Gasteiger partial charge in [-0.15, -0.1) is 24.0 Å². The Morgan fingerprint density at radius 1 is 1.19 bits per heavy atom. The van der Waals surface area contributed by atoms with Crippen LogP contribution in [0, 0.1) is 0 Å². The van der Waals surface area contributed by atoms with Crippen LogP contribution in [-0.2, 0) is 6.54 Å². The van der Waals surface area contributed by atoms with E-state index >= 15 is 0 Å². The number of nitrogens with one attached hydrogen (secondary N) is 2. The summed E-state index contributed by atoms with van der Waals surface area (Å²) in [6, 6.07) is 6.44. The van der Waals surface area contributed by atoms with Crippen LogP contribution >= 0.6 is 24.0 Å². The van der Waals surface area contributed by atoms with Crippen molar-refractivity contribution in [3.8, 4) is 11.5 Å². The molecule has 1 saturated heterocycles. The monoisotopic (exact) mass is 476 g/mol. The minimum Gasteiger partial charge on any atom is -0.493 e. The van der Waals surface area contributed by atoms with Gasteiger partial charge >= 0.3 is 0 Å². The summed E-state index contributed by atoms with van der Waals surface area (Å²) in [7, 11) is 5.12. The highest BCUT2D eigenvalue weighted by Gasteiger charge is 2.19. The quantitative estimate of drug-likeness (QED) is 0.360. The van der Waals surface area contributed by atoms with Gasteiger partial charge in [0.2, 0.25) is 0 Å². The molecule has 0 spiro atoms. The van der Waals surface area contributed by atoms with E-state index in [4.69, 9.17) is 9.47 Å².